The second kappa shape index (κ2) is 6.02. The zero-order valence-corrected chi connectivity index (χ0v) is 12.3. The van der Waals surface area contributed by atoms with Crippen LogP contribution < -0.4 is 10.6 Å². The summed E-state index contributed by atoms with van der Waals surface area (Å²) in [5, 5.41) is 0. The molecule has 2 aliphatic rings. The Morgan fingerprint density at radius 1 is 1.35 bits per heavy atom. The van der Waals surface area contributed by atoms with E-state index in [4.69, 9.17) is 10.5 Å². The Balaban J connectivity index is 1.71. The number of aryl methyl sites for hydroxylation is 1. The number of nitrogen functional groups attached to an aromatic ring is 1. The van der Waals surface area contributed by atoms with Gasteiger partial charge in [-0.3, -0.25) is 4.90 Å². The number of likely N-dealkylation sites (N-methyl/N-ethyl adjacent to an activating group) is 1. The molecule has 2 N–H and O–H groups in total. The average Bonchev–Trinajstić information content (AvgIpc) is 2.48. The monoisotopic (exact) mass is 275 g/mol. The molecular weight excluding hydrogens is 250 g/mol. The molecule has 1 unspecified atom stereocenters. The summed E-state index contributed by atoms with van der Waals surface area (Å²) in [6.45, 7) is 8.40. The molecule has 0 amide bonds. The third kappa shape index (κ3) is 2.91. The molecule has 0 saturated carbocycles. The Kier molecular flexibility index (Phi) is 4.13. The molecule has 1 fully saturated rings. The minimum absolute atomic E-state index is 0.316. The average molecular weight is 275 g/mol. The van der Waals surface area contributed by atoms with Gasteiger partial charge in [0.15, 0.2) is 0 Å². The van der Waals surface area contributed by atoms with Crippen molar-refractivity contribution in [1.82, 2.24) is 4.90 Å². The van der Waals surface area contributed by atoms with Crippen molar-refractivity contribution < 1.29 is 4.74 Å². The zero-order chi connectivity index (χ0) is 13.9. The second-order valence-electron chi connectivity index (χ2n) is 5.82. The van der Waals surface area contributed by atoms with E-state index in [9.17, 15) is 0 Å². The van der Waals surface area contributed by atoms with Crippen molar-refractivity contribution in [2.24, 2.45) is 0 Å². The lowest BCUT2D eigenvalue weighted by atomic mass is 10.0. The second-order valence-corrected chi connectivity index (χ2v) is 5.82. The predicted octanol–water partition coefficient (Wildman–Crippen LogP) is 1.74. The van der Waals surface area contributed by atoms with Gasteiger partial charge in [0.25, 0.3) is 0 Å². The predicted molar refractivity (Wildman–Crippen MR) is 83.2 cm³/mol. The maximum absolute atomic E-state index is 5.95. The van der Waals surface area contributed by atoms with Crippen LogP contribution in [0.25, 0.3) is 0 Å². The summed E-state index contributed by atoms with van der Waals surface area (Å²) in [5.41, 5.74) is 9.55. The summed E-state index contributed by atoms with van der Waals surface area (Å²) < 4.78 is 5.94. The van der Waals surface area contributed by atoms with E-state index in [1.54, 1.807) is 0 Å². The standard InChI is InChI=1S/C16H25N3O/c1-2-18-8-9-20-15(11-18)12-19-7-3-4-13-5-6-14(17)10-16(13)19/h5-6,10,15H,2-4,7-9,11-12,17H2,1H3. The summed E-state index contributed by atoms with van der Waals surface area (Å²) in [5.74, 6) is 0. The van der Waals surface area contributed by atoms with Gasteiger partial charge in [0, 0.05) is 37.6 Å². The van der Waals surface area contributed by atoms with Crippen molar-refractivity contribution in [3.8, 4) is 0 Å². The van der Waals surface area contributed by atoms with Gasteiger partial charge in [-0.15, -0.1) is 0 Å². The number of benzene rings is 1. The Morgan fingerprint density at radius 2 is 2.25 bits per heavy atom. The Labute approximate surface area is 121 Å². The van der Waals surface area contributed by atoms with E-state index in [-0.39, 0.29) is 0 Å². The van der Waals surface area contributed by atoms with Crippen LogP contribution in [0.4, 0.5) is 11.4 Å². The molecule has 2 aliphatic heterocycles. The first kappa shape index (κ1) is 13.7. The first-order valence-corrected chi connectivity index (χ1v) is 7.73. The smallest absolute Gasteiger partial charge is 0.0877 e. The van der Waals surface area contributed by atoms with Gasteiger partial charge < -0.3 is 15.4 Å². The van der Waals surface area contributed by atoms with Crippen molar-refractivity contribution in [3.05, 3.63) is 23.8 Å². The first-order chi connectivity index (χ1) is 9.76. The molecule has 2 heterocycles. The van der Waals surface area contributed by atoms with Gasteiger partial charge in [0.2, 0.25) is 0 Å². The van der Waals surface area contributed by atoms with E-state index >= 15 is 0 Å². The number of nitrogens with zero attached hydrogens (tertiary/aromatic N) is 2. The minimum Gasteiger partial charge on any atom is -0.399 e. The van der Waals surface area contributed by atoms with Gasteiger partial charge >= 0.3 is 0 Å². The maximum Gasteiger partial charge on any atom is 0.0877 e. The number of anilines is 2. The molecule has 0 spiro atoms. The van der Waals surface area contributed by atoms with Gasteiger partial charge in [-0.1, -0.05) is 13.0 Å². The normalized spacial score (nSPS) is 23.6. The van der Waals surface area contributed by atoms with E-state index in [2.05, 4.69) is 28.9 Å². The number of morpholine rings is 1. The maximum atomic E-state index is 5.95. The highest BCUT2D eigenvalue weighted by Crippen LogP contribution is 2.29. The SMILES string of the molecule is CCN1CCOC(CN2CCCc3ccc(N)cc32)C1. The lowest BCUT2D eigenvalue weighted by Crippen LogP contribution is -2.48. The zero-order valence-electron chi connectivity index (χ0n) is 12.3. The number of hydrogen-bond acceptors (Lipinski definition) is 4. The fourth-order valence-corrected chi connectivity index (χ4v) is 3.28. The largest absolute Gasteiger partial charge is 0.399 e. The Hall–Kier alpha value is -1.26. The number of ether oxygens (including phenoxy) is 1. The molecular formula is C16H25N3O. The van der Waals surface area contributed by atoms with Crippen LogP contribution in [0, 0.1) is 0 Å². The molecule has 1 saturated heterocycles. The molecule has 0 bridgehead atoms. The van der Waals surface area contributed by atoms with Crippen molar-refractivity contribution in [2.45, 2.75) is 25.9 Å². The van der Waals surface area contributed by atoms with Crippen LogP contribution >= 0.6 is 0 Å². The summed E-state index contributed by atoms with van der Waals surface area (Å²) >= 11 is 0. The lowest BCUT2D eigenvalue weighted by Gasteiger charge is -2.38. The van der Waals surface area contributed by atoms with Gasteiger partial charge in [-0.25, -0.2) is 0 Å². The Bertz CT molecular complexity index is 463. The van der Waals surface area contributed by atoms with E-state index in [1.807, 2.05) is 6.07 Å². The molecule has 0 radical (unpaired) electrons. The molecule has 3 rings (SSSR count). The quantitative estimate of drug-likeness (QED) is 0.853. The molecule has 1 aromatic carbocycles. The van der Waals surface area contributed by atoms with Crippen LogP contribution in [0.3, 0.4) is 0 Å². The fraction of sp³-hybridized carbons (Fsp3) is 0.625. The molecule has 20 heavy (non-hydrogen) atoms. The molecule has 110 valence electrons. The number of nitrogens with two attached hydrogens (primary N) is 1. The van der Waals surface area contributed by atoms with Crippen LogP contribution in [-0.4, -0.2) is 50.3 Å². The van der Waals surface area contributed by atoms with Crippen LogP contribution in [0.15, 0.2) is 18.2 Å². The van der Waals surface area contributed by atoms with Crippen molar-refractivity contribution >= 4 is 11.4 Å². The van der Waals surface area contributed by atoms with E-state index < -0.39 is 0 Å². The van der Waals surface area contributed by atoms with Crippen molar-refractivity contribution in [2.75, 3.05) is 50.0 Å². The highest BCUT2D eigenvalue weighted by molar-refractivity contribution is 5.62. The highest BCUT2D eigenvalue weighted by Gasteiger charge is 2.24. The summed E-state index contributed by atoms with van der Waals surface area (Å²) in [7, 11) is 0. The molecule has 4 heteroatoms. The summed E-state index contributed by atoms with van der Waals surface area (Å²) in [6, 6.07) is 6.31. The topological polar surface area (TPSA) is 41.7 Å². The number of hydrogen-bond donors (Lipinski definition) is 1. The fourth-order valence-electron chi connectivity index (χ4n) is 3.28. The minimum atomic E-state index is 0.316. The first-order valence-electron chi connectivity index (χ1n) is 7.73. The van der Waals surface area contributed by atoms with Gasteiger partial charge in [0.1, 0.15) is 0 Å². The summed E-state index contributed by atoms with van der Waals surface area (Å²) in [4.78, 5) is 4.93. The van der Waals surface area contributed by atoms with Crippen LogP contribution in [0.5, 0.6) is 0 Å². The molecule has 0 aliphatic carbocycles. The highest BCUT2D eigenvalue weighted by atomic mass is 16.5. The van der Waals surface area contributed by atoms with Gasteiger partial charge in [-0.05, 0) is 37.1 Å². The molecule has 1 aromatic rings. The van der Waals surface area contributed by atoms with Crippen molar-refractivity contribution in [1.29, 1.82) is 0 Å². The van der Waals surface area contributed by atoms with Crippen LogP contribution in [0.2, 0.25) is 0 Å². The van der Waals surface area contributed by atoms with Crippen molar-refractivity contribution in [3.63, 3.8) is 0 Å². The van der Waals surface area contributed by atoms with Gasteiger partial charge in [-0.2, -0.15) is 0 Å². The number of fused-ring (bicyclic) bond motifs is 1. The van der Waals surface area contributed by atoms with Crippen LogP contribution in [0.1, 0.15) is 18.9 Å². The molecule has 1 atom stereocenters. The molecule has 0 aromatic heterocycles. The third-order valence-corrected chi connectivity index (χ3v) is 4.42. The van der Waals surface area contributed by atoms with E-state index in [0.29, 0.717) is 6.10 Å². The van der Waals surface area contributed by atoms with E-state index in [0.717, 1.165) is 45.0 Å². The lowest BCUT2D eigenvalue weighted by molar-refractivity contribution is -0.0222. The van der Waals surface area contributed by atoms with Gasteiger partial charge in [0.05, 0.1) is 12.7 Å². The van der Waals surface area contributed by atoms with E-state index in [1.165, 1.54) is 24.1 Å². The molecule has 4 nitrogen and oxygen atoms in total. The summed E-state index contributed by atoms with van der Waals surface area (Å²) in [6.07, 6.45) is 2.70. The third-order valence-electron chi connectivity index (χ3n) is 4.42. The number of rotatable bonds is 3. The van der Waals surface area contributed by atoms with Crippen LogP contribution in [-0.2, 0) is 11.2 Å². The Morgan fingerprint density at radius 3 is 3.10 bits per heavy atom.